The van der Waals surface area contributed by atoms with Crippen LogP contribution in [-0.4, -0.2) is 18.5 Å². The van der Waals surface area contributed by atoms with E-state index < -0.39 is 7.26 Å². The third-order valence-corrected chi connectivity index (χ3v) is 8.28. The summed E-state index contributed by atoms with van der Waals surface area (Å²) in [4.78, 5) is 0. The lowest BCUT2D eigenvalue weighted by atomic mass is 10.4. The summed E-state index contributed by atoms with van der Waals surface area (Å²) in [6.07, 6.45) is 5.47. The summed E-state index contributed by atoms with van der Waals surface area (Å²) in [5.74, 6) is 0. The van der Waals surface area contributed by atoms with Gasteiger partial charge in [-0.05, 0) is 32.4 Å². The number of halogens is 1. The minimum Gasteiger partial charge on any atom is -0.147 e. The van der Waals surface area contributed by atoms with Crippen LogP contribution in [0.15, 0.2) is 30.3 Å². The molecular formula is C13H23ClP+. The molecule has 0 aliphatic carbocycles. The SMILES string of the molecule is CCC[P+](CC)(CC)c1ccccc1.Cl. The van der Waals surface area contributed by atoms with Crippen LogP contribution in [-0.2, 0) is 0 Å². The third kappa shape index (κ3) is 3.47. The number of rotatable bonds is 5. The van der Waals surface area contributed by atoms with Crippen molar-refractivity contribution in [1.29, 1.82) is 0 Å². The highest BCUT2D eigenvalue weighted by atomic mass is 35.5. The van der Waals surface area contributed by atoms with Crippen LogP contribution >= 0.6 is 19.7 Å². The van der Waals surface area contributed by atoms with Crippen molar-refractivity contribution in [3.05, 3.63) is 30.3 Å². The standard InChI is InChI=1S/C13H22P.ClH/c1-4-12-14(5-2,6-3)13-10-8-7-9-11-13;/h7-11H,4-6,12H2,1-3H3;1H/q+1;. The van der Waals surface area contributed by atoms with E-state index in [-0.39, 0.29) is 12.4 Å². The summed E-state index contributed by atoms with van der Waals surface area (Å²) in [5.41, 5.74) is 0. The molecule has 1 rings (SSSR count). The van der Waals surface area contributed by atoms with Crippen LogP contribution in [0.4, 0.5) is 0 Å². The first-order valence-electron chi connectivity index (χ1n) is 5.70. The van der Waals surface area contributed by atoms with Gasteiger partial charge in [-0.3, -0.25) is 0 Å². The van der Waals surface area contributed by atoms with Gasteiger partial charge in [0.25, 0.3) is 0 Å². The van der Waals surface area contributed by atoms with E-state index in [1.165, 1.54) is 24.9 Å². The maximum Gasteiger partial charge on any atom is 0.0939 e. The molecule has 0 aliphatic rings. The van der Waals surface area contributed by atoms with Crippen LogP contribution in [0.3, 0.4) is 0 Å². The monoisotopic (exact) mass is 245 g/mol. The second kappa shape index (κ2) is 7.25. The topological polar surface area (TPSA) is 0 Å². The second-order valence-electron chi connectivity index (χ2n) is 3.84. The summed E-state index contributed by atoms with van der Waals surface area (Å²) >= 11 is 0. The van der Waals surface area contributed by atoms with Crippen molar-refractivity contribution in [1.82, 2.24) is 0 Å². The Morgan fingerprint density at radius 3 is 1.87 bits per heavy atom. The van der Waals surface area contributed by atoms with Gasteiger partial charge in [0.15, 0.2) is 0 Å². The van der Waals surface area contributed by atoms with Gasteiger partial charge in [-0.25, -0.2) is 0 Å². The predicted molar refractivity (Wildman–Crippen MR) is 76.5 cm³/mol. The van der Waals surface area contributed by atoms with Gasteiger partial charge in [0.2, 0.25) is 0 Å². The lowest BCUT2D eigenvalue weighted by Crippen LogP contribution is -2.18. The van der Waals surface area contributed by atoms with E-state index in [2.05, 4.69) is 51.1 Å². The van der Waals surface area contributed by atoms with Gasteiger partial charge in [0.05, 0.1) is 23.8 Å². The lowest BCUT2D eigenvalue weighted by Gasteiger charge is -2.24. The number of hydrogen-bond donors (Lipinski definition) is 0. The van der Waals surface area contributed by atoms with Crippen LogP contribution in [0, 0.1) is 0 Å². The minimum absolute atomic E-state index is 0. The molecule has 1 aromatic rings. The molecule has 0 fully saturated rings. The molecule has 0 saturated carbocycles. The molecule has 0 N–H and O–H groups in total. The van der Waals surface area contributed by atoms with Crippen LogP contribution in [0.2, 0.25) is 0 Å². The summed E-state index contributed by atoms with van der Waals surface area (Å²) in [5, 5.41) is 1.63. The van der Waals surface area contributed by atoms with E-state index >= 15 is 0 Å². The average Bonchev–Trinajstić information content (AvgIpc) is 2.27. The smallest absolute Gasteiger partial charge is 0.0939 e. The van der Waals surface area contributed by atoms with E-state index in [0.717, 1.165) is 0 Å². The Hall–Kier alpha value is -0.0600. The molecular weight excluding hydrogens is 223 g/mol. The second-order valence-corrected chi connectivity index (χ2v) is 8.36. The average molecular weight is 246 g/mol. The zero-order valence-electron chi connectivity index (χ0n) is 10.1. The largest absolute Gasteiger partial charge is 0.147 e. The van der Waals surface area contributed by atoms with E-state index in [4.69, 9.17) is 0 Å². The fourth-order valence-corrected chi connectivity index (χ4v) is 5.94. The van der Waals surface area contributed by atoms with Crippen LogP contribution < -0.4 is 5.30 Å². The van der Waals surface area contributed by atoms with Crippen LogP contribution in [0.25, 0.3) is 0 Å². The number of benzene rings is 1. The summed E-state index contributed by atoms with van der Waals surface area (Å²) < 4.78 is 0. The van der Waals surface area contributed by atoms with Crippen molar-refractivity contribution in [2.24, 2.45) is 0 Å². The Labute approximate surface area is 101 Å². The fraction of sp³-hybridized carbons (Fsp3) is 0.538. The predicted octanol–water partition coefficient (Wildman–Crippen LogP) is 4.20. The van der Waals surface area contributed by atoms with Crippen molar-refractivity contribution in [3.8, 4) is 0 Å². The highest BCUT2D eigenvalue weighted by molar-refractivity contribution is 7.82. The Morgan fingerprint density at radius 1 is 0.933 bits per heavy atom. The zero-order valence-corrected chi connectivity index (χ0v) is 11.8. The molecule has 15 heavy (non-hydrogen) atoms. The lowest BCUT2D eigenvalue weighted by molar-refractivity contribution is 1.08. The van der Waals surface area contributed by atoms with E-state index in [1.54, 1.807) is 5.30 Å². The molecule has 0 aromatic heterocycles. The number of hydrogen-bond acceptors (Lipinski definition) is 0. The van der Waals surface area contributed by atoms with Crippen LogP contribution in [0.5, 0.6) is 0 Å². The van der Waals surface area contributed by atoms with Crippen molar-refractivity contribution < 1.29 is 0 Å². The molecule has 0 bridgehead atoms. The zero-order chi connectivity index (χ0) is 10.4. The molecule has 0 heterocycles. The van der Waals surface area contributed by atoms with Gasteiger partial charge in [0.1, 0.15) is 0 Å². The van der Waals surface area contributed by atoms with Gasteiger partial charge in [-0.1, -0.05) is 25.1 Å². The molecule has 0 spiro atoms. The maximum atomic E-state index is 2.36. The summed E-state index contributed by atoms with van der Waals surface area (Å²) in [6.45, 7) is 7.03. The maximum absolute atomic E-state index is 2.36. The first kappa shape index (κ1) is 14.9. The van der Waals surface area contributed by atoms with Crippen LogP contribution in [0.1, 0.15) is 27.2 Å². The highest BCUT2D eigenvalue weighted by Gasteiger charge is 2.34. The molecule has 0 radical (unpaired) electrons. The molecule has 86 valence electrons. The molecule has 0 aliphatic heterocycles. The molecule has 0 atom stereocenters. The normalized spacial score (nSPS) is 10.9. The van der Waals surface area contributed by atoms with E-state index in [9.17, 15) is 0 Å². The Morgan fingerprint density at radius 2 is 1.47 bits per heavy atom. The third-order valence-electron chi connectivity index (χ3n) is 3.17. The van der Waals surface area contributed by atoms with Gasteiger partial charge >= 0.3 is 0 Å². The van der Waals surface area contributed by atoms with Gasteiger partial charge in [-0.2, -0.15) is 0 Å². The Kier molecular flexibility index (Phi) is 7.22. The Bertz CT molecular complexity index is 254. The van der Waals surface area contributed by atoms with Crippen molar-refractivity contribution in [3.63, 3.8) is 0 Å². The van der Waals surface area contributed by atoms with Crippen molar-refractivity contribution >= 4 is 25.0 Å². The molecule has 2 heteroatoms. The minimum atomic E-state index is -0.810. The highest BCUT2D eigenvalue weighted by Crippen LogP contribution is 2.57. The Balaban J connectivity index is 0.00000196. The molecule has 1 aromatic carbocycles. The summed E-state index contributed by atoms with van der Waals surface area (Å²) in [6, 6.07) is 11.2. The fourth-order valence-electron chi connectivity index (χ4n) is 2.21. The van der Waals surface area contributed by atoms with Gasteiger partial charge < -0.3 is 0 Å². The molecule has 0 nitrogen and oxygen atoms in total. The van der Waals surface area contributed by atoms with Gasteiger partial charge in [0, 0.05) is 7.26 Å². The van der Waals surface area contributed by atoms with Crippen molar-refractivity contribution in [2.45, 2.75) is 27.2 Å². The van der Waals surface area contributed by atoms with Gasteiger partial charge in [-0.15, -0.1) is 12.4 Å². The van der Waals surface area contributed by atoms with Crippen molar-refractivity contribution in [2.75, 3.05) is 18.5 Å². The van der Waals surface area contributed by atoms with E-state index in [0.29, 0.717) is 0 Å². The molecule has 0 saturated heterocycles. The first-order chi connectivity index (χ1) is 6.79. The quantitative estimate of drug-likeness (QED) is 0.682. The molecule has 0 amide bonds. The first-order valence-corrected chi connectivity index (χ1v) is 8.05. The van der Waals surface area contributed by atoms with E-state index in [1.807, 2.05) is 0 Å². The molecule has 0 unspecified atom stereocenters. The summed E-state index contributed by atoms with van der Waals surface area (Å²) in [7, 11) is -0.810.